The summed E-state index contributed by atoms with van der Waals surface area (Å²) in [5.41, 5.74) is 0.537. The van der Waals surface area contributed by atoms with Gasteiger partial charge in [-0.15, -0.1) is 0 Å². The van der Waals surface area contributed by atoms with E-state index >= 15 is 0 Å². The zero-order chi connectivity index (χ0) is 16.4. The molecule has 1 N–H and O–H groups in total. The fourth-order valence-corrected chi connectivity index (χ4v) is 2.47. The first-order valence-electron chi connectivity index (χ1n) is 7.11. The lowest BCUT2D eigenvalue weighted by molar-refractivity contribution is -0.118. The number of hydrogen-bond donors (Lipinski definition) is 1. The van der Waals surface area contributed by atoms with Gasteiger partial charge in [-0.2, -0.15) is 4.98 Å². The monoisotopic (exact) mass is 317 g/mol. The van der Waals surface area contributed by atoms with Gasteiger partial charge in [0.15, 0.2) is 0 Å². The topological polar surface area (TPSA) is 73.3 Å². The Labute approximate surface area is 132 Å². The van der Waals surface area contributed by atoms with Crippen molar-refractivity contribution in [2.24, 2.45) is 0 Å². The maximum atomic E-state index is 13.1. The van der Waals surface area contributed by atoms with Crippen LogP contribution in [0.5, 0.6) is 11.9 Å². The van der Waals surface area contributed by atoms with Crippen molar-refractivity contribution >= 4 is 11.6 Å². The molecule has 23 heavy (non-hydrogen) atoms. The molecule has 1 aromatic carbocycles. The van der Waals surface area contributed by atoms with Crippen LogP contribution in [-0.2, 0) is 10.2 Å². The van der Waals surface area contributed by atoms with Gasteiger partial charge in [-0.3, -0.25) is 4.79 Å². The fraction of sp³-hybridized carbons (Fsp3) is 0.312. The third-order valence-corrected chi connectivity index (χ3v) is 3.94. The minimum absolute atomic E-state index is 0.152. The van der Waals surface area contributed by atoms with Gasteiger partial charge in [0.05, 0.1) is 25.8 Å². The summed E-state index contributed by atoms with van der Waals surface area (Å²) in [7, 11) is 2.89. The molecule has 0 spiro atoms. The molecule has 1 fully saturated rings. The highest BCUT2D eigenvalue weighted by Gasteiger charge is 2.51. The first-order chi connectivity index (χ1) is 11.1. The number of carbonyl (C=O) groups excluding carboxylic acids is 1. The summed E-state index contributed by atoms with van der Waals surface area (Å²) in [5, 5.41) is 2.79. The average molecular weight is 317 g/mol. The number of ether oxygens (including phenoxy) is 2. The van der Waals surface area contributed by atoms with Crippen molar-refractivity contribution < 1.29 is 18.7 Å². The maximum Gasteiger partial charge on any atom is 0.319 e. The van der Waals surface area contributed by atoms with Gasteiger partial charge < -0.3 is 14.8 Å². The van der Waals surface area contributed by atoms with E-state index in [4.69, 9.17) is 9.47 Å². The van der Waals surface area contributed by atoms with Gasteiger partial charge in [-0.25, -0.2) is 9.37 Å². The lowest BCUT2D eigenvalue weighted by Gasteiger charge is -2.16. The van der Waals surface area contributed by atoms with Crippen molar-refractivity contribution in [2.75, 3.05) is 19.5 Å². The van der Waals surface area contributed by atoms with E-state index in [1.165, 1.54) is 32.5 Å². The molecular weight excluding hydrogens is 301 g/mol. The van der Waals surface area contributed by atoms with Crippen molar-refractivity contribution in [3.8, 4) is 11.9 Å². The molecule has 0 saturated heterocycles. The second-order valence-corrected chi connectivity index (χ2v) is 5.32. The fourth-order valence-electron chi connectivity index (χ4n) is 2.47. The highest BCUT2D eigenvalue weighted by molar-refractivity contribution is 6.02. The maximum absolute atomic E-state index is 13.1. The summed E-state index contributed by atoms with van der Waals surface area (Å²) >= 11 is 0. The molecule has 1 aliphatic rings. The number of rotatable bonds is 5. The number of carbonyl (C=O) groups is 1. The largest absolute Gasteiger partial charge is 0.479 e. The zero-order valence-electron chi connectivity index (χ0n) is 12.8. The highest BCUT2D eigenvalue weighted by atomic mass is 19.1. The SMILES string of the molecule is COc1ncc(NC(=O)C2(c3ccc(F)cc3)CC2)c(OC)n1. The van der Waals surface area contributed by atoms with Crippen LogP contribution in [0.3, 0.4) is 0 Å². The Bertz CT molecular complexity index is 730. The molecule has 6 nitrogen and oxygen atoms in total. The summed E-state index contributed by atoms with van der Waals surface area (Å²) in [6.45, 7) is 0. The molecule has 0 atom stereocenters. The molecule has 0 bridgehead atoms. The Morgan fingerprint density at radius 3 is 2.48 bits per heavy atom. The summed E-state index contributed by atoms with van der Waals surface area (Å²) in [6, 6.07) is 6.16. The van der Waals surface area contributed by atoms with Crippen molar-refractivity contribution in [3.63, 3.8) is 0 Å². The Balaban J connectivity index is 1.83. The van der Waals surface area contributed by atoms with E-state index in [1.54, 1.807) is 12.1 Å². The summed E-state index contributed by atoms with van der Waals surface area (Å²) in [5.74, 6) is -0.286. The first kappa shape index (κ1) is 15.2. The van der Waals surface area contributed by atoms with Crippen LogP contribution < -0.4 is 14.8 Å². The second-order valence-electron chi connectivity index (χ2n) is 5.32. The van der Waals surface area contributed by atoms with Crippen molar-refractivity contribution in [1.29, 1.82) is 0 Å². The minimum atomic E-state index is -0.626. The lowest BCUT2D eigenvalue weighted by atomic mass is 9.95. The van der Waals surface area contributed by atoms with E-state index in [1.807, 2.05) is 0 Å². The van der Waals surface area contributed by atoms with Gasteiger partial charge in [-0.1, -0.05) is 12.1 Å². The molecule has 120 valence electrons. The van der Waals surface area contributed by atoms with Crippen LogP contribution in [0.4, 0.5) is 10.1 Å². The van der Waals surface area contributed by atoms with Gasteiger partial charge in [0.2, 0.25) is 11.8 Å². The number of hydrogen-bond acceptors (Lipinski definition) is 5. The van der Waals surface area contributed by atoms with Crippen LogP contribution in [0.25, 0.3) is 0 Å². The van der Waals surface area contributed by atoms with Crippen LogP contribution in [-0.4, -0.2) is 30.1 Å². The molecule has 1 amide bonds. The van der Waals surface area contributed by atoms with E-state index in [2.05, 4.69) is 15.3 Å². The predicted molar refractivity (Wildman–Crippen MR) is 81.1 cm³/mol. The van der Waals surface area contributed by atoms with E-state index in [9.17, 15) is 9.18 Å². The van der Waals surface area contributed by atoms with Crippen LogP contribution in [0, 0.1) is 5.82 Å². The summed E-state index contributed by atoms with van der Waals surface area (Å²) in [6.07, 6.45) is 2.86. The molecule has 1 saturated carbocycles. The Morgan fingerprint density at radius 2 is 1.91 bits per heavy atom. The van der Waals surface area contributed by atoms with Gasteiger partial charge in [0.25, 0.3) is 0 Å². The Hall–Kier alpha value is -2.70. The predicted octanol–water partition coefficient (Wildman–Crippen LogP) is 2.30. The molecule has 1 aromatic heterocycles. The van der Waals surface area contributed by atoms with E-state index < -0.39 is 5.41 Å². The second kappa shape index (κ2) is 5.83. The number of amides is 1. The Kier molecular flexibility index (Phi) is 3.85. The number of methoxy groups -OCH3 is 2. The summed E-state index contributed by atoms with van der Waals surface area (Å²) in [4.78, 5) is 20.7. The third-order valence-electron chi connectivity index (χ3n) is 3.94. The lowest BCUT2D eigenvalue weighted by Crippen LogP contribution is -2.28. The van der Waals surface area contributed by atoms with E-state index in [0.717, 1.165) is 5.56 Å². The molecule has 1 aliphatic carbocycles. The van der Waals surface area contributed by atoms with Crippen LogP contribution in [0.15, 0.2) is 30.5 Å². The van der Waals surface area contributed by atoms with E-state index in [-0.39, 0.29) is 23.6 Å². The molecule has 2 aromatic rings. The number of halogens is 1. The summed E-state index contributed by atoms with van der Waals surface area (Å²) < 4.78 is 23.1. The first-order valence-corrected chi connectivity index (χ1v) is 7.11. The normalized spacial score (nSPS) is 14.9. The van der Waals surface area contributed by atoms with Gasteiger partial charge in [-0.05, 0) is 30.5 Å². The quantitative estimate of drug-likeness (QED) is 0.916. The van der Waals surface area contributed by atoms with E-state index in [0.29, 0.717) is 18.5 Å². The number of nitrogens with zero attached hydrogens (tertiary/aromatic N) is 2. The van der Waals surface area contributed by atoms with Crippen molar-refractivity contribution in [2.45, 2.75) is 18.3 Å². The third kappa shape index (κ3) is 2.81. The molecule has 7 heteroatoms. The molecule has 1 heterocycles. The highest BCUT2D eigenvalue weighted by Crippen LogP contribution is 2.49. The number of aromatic nitrogens is 2. The van der Waals surface area contributed by atoms with Crippen molar-refractivity contribution in [3.05, 3.63) is 41.8 Å². The van der Waals surface area contributed by atoms with Crippen LogP contribution in [0.1, 0.15) is 18.4 Å². The molecule has 3 rings (SSSR count). The van der Waals surface area contributed by atoms with Gasteiger partial charge in [0.1, 0.15) is 11.5 Å². The molecule has 0 aliphatic heterocycles. The standard InChI is InChI=1S/C16H16FN3O3/c1-22-13-12(9-18-15(20-13)23-2)19-14(21)16(7-8-16)10-3-5-11(17)6-4-10/h3-6,9H,7-8H2,1-2H3,(H,19,21). The molecular formula is C16H16FN3O3. The van der Waals surface area contributed by atoms with Crippen LogP contribution in [0.2, 0.25) is 0 Å². The minimum Gasteiger partial charge on any atom is -0.479 e. The Morgan fingerprint density at radius 1 is 1.22 bits per heavy atom. The zero-order valence-corrected chi connectivity index (χ0v) is 12.8. The molecule has 0 unspecified atom stereocenters. The van der Waals surface area contributed by atoms with Gasteiger partial charge >= 0.3 is 6.01 Å². The smallest absolute Gasteiger partial charge is 0.319 e. The molecule has 0 radical (unpaired) electrons. The van der Waals surface area contributed by atoms with Crippen molar-refractivity contribution in [1.82, 2.24) is 9.97 Å². The number of nitrogens with one attached hydrogen (secondary N) is 1. The number of benzene rings is 1. The van der Waals surface area contributed by atoms with Crippen LogP contribution >= 0.6 is 0 Å². The number of anilines is 1. The van der Waals surface area contributed by atoms with Gasteiger partial charge in [0, 0.05) is 0 Å². The average Bonchev–Trinajstić information content (AvgIpc) is 3.37.